The van der Waals surface area contributed by atoms with Crippen LogP contribution in [0.25, 0.3) is 0 Å². The van der Waals surface area contributed by atoms with Crippen molar-refractivity contribution in [2.45, 2.75) is 154 Å². The third-order valence-corrected chi connectivity index (χ3v) is 12.1. The molecule has 2 saturated heterocycles. The molecule has 58 heavy (non-hydrogen) atoms. The number of carboxylic acid groups (broad SMARTS) is 1. The fourth-order valence-electron chi connectivity index (χ4n) is 8.75. The zero-order valence-corrected chi connectivity index (χ0v) is 34.9. The van der Waals surface area contributed by atoms with Gasteiger partial charge in [0, 0.05) is 26.1 Å². The van der Waals surface area contributed by atoms with Crippen molar-refractivity contribution in [2.24, 2.45) is 17.8 Å². The lowest BCUT2D eigenvalue weighted by atomic mass is 9.79. The maximum Gasteiger partial charge on any atom is 0.305 e. The van der Waals surface area contributed by atoms with Crippen LogP contribution in [0.2, 0.25) is 0 Å². The lowest BCUT2D eigenvalue weighted by Crippen LogP contribution is -2.62. The molecule has 0 spiro atoms. The number of aliphatic carboxylic acids is 1. The lowest BCUT2D eigenvalue weighted by Gasteiger charge is -2.41. The largest absolute Gasteiger partial charge is 0.481 e. The predicted molar refractivity (Wildman–Crippen MR) is 217 cm³/mol. The number of nitrogens with one attached hydrogen (secondary N) is 4. The van der Waals surface area contributed by atoms with Crippen LogP contribution in [0.15, 0.2) is 30.3 Å². The molecule has 3 fully saturated rings. The van der Waals surface area contributed by atoms with Gasteiger partial charge in [-0.15, -0.1) is 0 Å². The molecule has 3 aliphatic rings. The topological polar surface area (TPSA) is 215 Å². The Kier molecular flexibility index (Phi) is 17.5. The van der Waals surface area contributed by atoms with E-state index in [-0.39, 0.29) is 49.6 Å². The molecule has 6 amide bonds. The molecule has 1 aromatic carbocycles. The van der Waals surface area contributed by atoms with Crippen LogP contribution in [0.5, 0.6) is 0 Å². The predicted octanol–water partition coefficient (Wildman–Crippen LogP) is 2.85. The number of benzene rings is 1. The Morgan fingerprint density at radius 1 is 0.741 bits per heavy atom. The average Bonchev–Trinajstić information content (AvgIpc) is 3.70. The minimum absolute atomic E-state index is 0.101. The Labute approximate surface area is 342 Å². The van der Waals surface area contributed by atoms with Crippen LogP contribution < -0.4 is 21.3 Å². The number of likely N-dealkylation sites (tertiary alicyclic amines) is 2. The zero-order chi connectivity index (χ0) is 42.5. The number of hydrogen-bond acceptors (Lipinski definition) is 8. The molecular formula is C43H66N6O9. The number of nitrogens with zero attached hydrogens (tertiary/aromatic N) is 2. The molecule has 8 atom stereocenters. The number of aliphatic hydroxyl groups excluding tert-OH is 1. The van der Waals surface area contributed by atoms with E-state index in [1.54, 1.807) is 0 Å². The molecule has 2 heterocycles. The van der Waals surface area contributed by atoms with Gasteiger partial charge in [0.05, 0.1) is 12.5 Å². The first-order chi connectivity index (χ1) is 27.6. The van der Waals surface area contributed by atoms with Crippen LogP contribution in [0.3, 0.4) is 0 Å². The van der Waals surface area contributed by atoms with Gasteiger partial charge in [-0.05, 0) is 68.3 Å². The van der Waals surface area contributed by atoms with Crippen molar-refractivity contribution < 1.29 is 43.8 Å². The van der Waals surface area contributed by atoms with Gasteiger partial charge in [0.15, 0.2) is 0 Å². The summed E-state index contributed by atoms with van der Waals surface area (Å²) in [5, 5.41) is 31.0. The van der Waals surface area contributed by atoms with Gasteiger partial charge in [-0.2, -0.15) is 0 Å². The highest BCUT2D eigenvalue weighted by molar-refractivity contribution is 5.98. The Morgan fingerprint density at radius 3 is 2.02 bits per heavy atom. The molecular weight excluding hydrogens is 745 g/mol. The van der Waals surface area contributed by atoms with Gasteiger partial charge in [-0.3, -0.25) is 33.6 Å². The van der Waals surface area contributed by atoms with Gasteiger partial charge in [0.1, 0.15) is 30.2 Å². The van der Waals surface area contributed by atoms with Gasteiger partial charge in [-0.1, -0.05) is 90.1 Å². The van der Waals surface area contributed by atoms with Crippen molar-refractivity contribution in [1.82, 2.24) is 31.1 Å². The third-order valence-electron chi connectivity index (χ3n) is 12.1. The number of piperidine rings is 1. The van der Waals surface area contributed by atoms with Gasteiger partial charge in [0.25, 0.3) is 0 Å². The highest BCUT2D eigenvalue weighted by atomic mass is 16.4. The molecule has 15 nitrogen and oxygen atoms in total. The summed E-state index contributed by atoms with van der Waals surface area (Å²) in [6, 6.07) is 3.64. The summed E-state index contributed by atoms with van der Waals surface area (Å²) in [5.74, 6) is -4.56. The first-order valence-electron chi connectivity index (χ1n) is 21.4. The van der Waals surface area contributed by atoms with Crippen LogP contribution in [0.4, 0.5) is 0 Å². The van der Waals surface area contributed by atoms with E-state index < -0.39 is 78.2 Å². The summed E-state index contributed by atoms with van der Waals surface area (Å²) in [4.78, 5) is 97.5. The average molecular weight is 811 g/mol. The zero-order valence-electron chi connectivity index (χ0n) is 34.9. The minimum Gasteiger partial charge on any atom is -0.481 e. The number of rotatable bonds is 18. The maximum atomic E-state index is 14.5. The normalized spacial score (nSPS) is 22.6. The molecule has 0 radical (unpaired) electrons. The van der Waals surface area contributed by atoms with Crippen LogP contribution in [-0.4, -0.2) is 117 Å². The van der Waals surface area contributed by atoms with Crippen LogP contribution >= 0.6 is 0 Å². The van der Waals surface area contributed by atoms with Crippen molar-refractivity contribution in [2.75, 3.05) is 19.6 Å². The van der Waals surface area contributed by atoms with Crippen molar-refractivity contribution in [3.05, 3.63) is 35.9 Å². The van der Waals surface area contributed by atoms with E-state index in [1.807, 2.05) is 51.1 Å². The summed E-state index contributed by atoms with van der Waals surface area (Å²) in [6.45, 7) is 9.61. The molecule has 322 valence electrons. The van der Waals surface area contributed by atoms with Crippen molar-refractivity contribution >= 4 is 41.4 Å². The van der Waals surface area contributed by atoms with E-state index in [0.29, 0.717) is 38.1 Å². The minimum atomic E-state index is -1.57. The maximum absolute atomic E-state index is 14.5. The second kappa shape index (κ2) is 22.0. The van der Waals surface area contributed by atoms with E-state index >= 15 is 0 Å². The van der Waals surface area contributed by atoms with Crippen molar-refractivity contribution in [1.29, 1.82) is 0 Å². The fraction of sp³-hybridized carbons (Fsp3) is 0.698. The Morgan fingerprint density at radius 2 is 1.40 bits per heavy atom. The highest BCUT2D eigenvalue weighted by Gasteiger charge is 2.44. The Balaban J connectivity index is 1.55. The smallest absolute Gasteiger partial charge is 0.305 e. The molecule has 6 N–H and O–H groups in total. The van der Waals surface area contributed by atoms with Gasteiger partial charge >= 0.3 is 5.97 Å². The lowest BCUT2D eigenvalue weighted by molar-refractivity contribution is -0.149. The number of amides is 6. The van der Waals surface area contributed by atoms with Crippen molar-refractivity contribution in [3.63, 3.8) is 0 Å². The quantitative estimate of drug-likeness (QED) is 0.128. The number of carboxylic acids is 1. The Bertz CT molecular complexity index is 1580. The Hall–Kier alpha value is -4.53. The summed E-state index contributed by atoms with van der Waals surface area (Å²) in [7, 11) is 0. The van der Waals surface area contributed by atoms with Crippen LogP contribution in [0.1, 0.15) is 123 Å². The van der Waals surface area contributed by atoms with E-state index in [2.05, 4.69) is 28.2 Å². The number of aliphatic hydroxyl groups is 1. The summed E-state index contributed by atoms with van der Waals surface area (Å²) < 4.78 is 0. The first kappa shape index (κ1) is 46.2. The molecule has 1 aromatic rings. The van der Waals surface area contributed by atoms with Gasteiger partial charge < -0.3 is 41.3 Å². The molecule has 0 bridgehead atoms. The standard InChI is InChI=1S/C43H66N6O9/c1-6-20-44-41(56)38(28(5)50)47-39(54)33-18-13-21-48(33)42(57)32(25-36(52)53)45-40(55)34-24-31(30-16-11-8-12-17-30)19-22-49(34)43(58)37(26(2)3)46-35(51)23-27(4)29-14-9-7-10-15-29/h8,11-12,16-17,26-29,31-34,37-38,50H,6-7,9-10,13-15,18-25H2,1-5H3,(H,44,56)(H,45,55)(H,46,51)(H,47,54)(H,52,53)/t27-,28+,31?,32-,33-,34-,37-,38-/m0/s1. The second-order valence-electron chi connectivity index (χ2n) is 16.9. The molecule has 1 saturated carbocycles. The molecule has 1 aliphatic carbocycles. The third kappa shape index (κ3) is 12.5. The molecule has 0 aromatic heterocycles. The number of hydrogen-bond donors (Lipinski definition) is 6. The molecule has 4 rings (SSSR count). The van der Waals surface area contributed by atoms with E-state index in [9.17, 15) is 43.8 Å². The van der Waals surface area contributed by atoms with E-state index in [0.717, 1.165) is 31.2 Å². The van der Waals surface area contributed by atoms with Crippen molar-refractivity contribution in [3.8, 4) is 0 Å². The molecule has 15 heteroatoms. The van der Waals surface area contributed by atoms with Crippen LogP contribution in [-0.2, 0) is 33.6 Å². The van der Waals surface area contributed by atoms with E-state index in [4.69, 9.17) is 0 Å². The summed E-state index contributed by atoms with van der Waals surface area (Å²) in [5.41, 5.74) is 0.973. The number of carbonyl (C=O) groups excluding carboxylic acids is 6. The molecule has 1 unspecified atom stereocenters. The monoisotopic (exact) mass is 810 g/mol. The van der Waals surface area contributed by atoms with Gasteiger partial charge in [-0.25, -0.2) is 0 Å². The van der Waals surface area contributed by atoms with E-state index in [1.165, 1.54) is 23.1 Å². The second-order valence-corrected chi connectivity index (χ2v) is 16.9. The summed E-state index contributed by atoms with van der Waals surface area (Å²) >= 11 is 0. The van der Waals surface area contributed by atoms with Gasteiger partial charge in [0.2, 0.25) is 35.4 Å². The number of carbonyl (C=O) groups is 7. The first-order valence-corrected chi connectivity index (χ1v) is 21.4. The highest BCUT2D eigenvalue weighted by Crippen LogP contribution is 2.34. The SMILES string of the molecule is CCCNC(=O)[C@@H](NC(=O)[C@@H]1CCCN1C(=O)[C@H](CC(=O)O)NC(=O)[C@@H]1CC(c2ccccc2)CCN1C(=O)[C@@H](NC(=O)C[C@H](C)C1CCCCC1)C(C)C)[C@@H](C)O. The fourth-order valence-corrected chi connectivity index (χ4v) is 8.75. The molecule has 2 aliphatic heterocycles. The van der Waals surface area contributed by atoms with Crippen LogP contribution in [0, 0.1) is 17.8 Å². The summed E-state index contributed by atoms with van der Waals surface area (Å²) in [6.07, 6.45) is 5.99.